The van der Waals surface area contributed by atoms with Crippen molar-refractivity contribution in [3.8, 4) is 0 Å². The first kappa shape index (κ1) is 17.6. The molecule has 1 aliphatic heterocycles. The van der Waals surface area contributed by atoms with Gasteiger partial charge in [-0.1, -0.05) is 11.6 Å². The highest BCUT2D eigenvalue weighted by molar-refractivity contribution is 8.00. The molecule has 1 atom stereocenters. The predicted octanol–water partition coefficient (Wildman–Crippen LogP) is 1.32. The van der Waals surface area contributed by atoms with E-state index in [0.717, 1.165) is 4.90 Å². The molecule has 1 saturated heterocycles. The molecular formula is C15H17ClN2O4S. The van der Waals surface area contributed by atoms with Gasteiger partial charge in [0.2, 0.25) is 11.8 Å². The number of nitrogens with zero attached hydrogens (tertiary/aromatic N) is 1. The van der Waals surface area contributed by atoms with Crippen LogP contribution in [0, 0.1) is 0 Å². The lowest BCUT2D eigenvalue weighted by molar-refractivity contribution is -0.149. The van der Waals surface area contributed by atoms with Crippen LogP contribution in [-0.4, -0.2) is 54.7 Å². The molecule has 1 aromatic rings. The number of carbonyl (C=O) groups excluding carboxylic acids is 3. The van der Waals surface area contributed by atoms with E-state index in [-0.39, 0.29) is 24.0 Å². The highest BCUT2D eigenvalue weighted by Crippen LogP contribution is 2.21. The summed E-state index contributed by atoms with van der Waals surface area (Å²) < 4.78 is 4.60. The number of rotatable bonds is 5. The topological polar surface area (TPSA) is 75.7 Å². The fraction of sp³-hybridized carbons (Fsp3) is 0.400. The Morgan fingerprint density at radius 3 is 2.74 bits per heavy atom. The average Bonchev–Trinajstić information content (AvgIpc) is 2.55. The lowest BCUT2D eigenvalue weighted by atomic mass is 10.1. The number of hydrogen-bond donors (Lipinski definition) is 1. The molecule has 23 heavy (non-hydrogen) atoms. The molecule has 0 radical (unpaired) electrons. The van der Waals surface area contributed by atoms with Crippen LogP contribution in [0.4, 0.5) is 0 Å². The van der Waals surface area contributed by atoms with Crippen LogP contribution in [0.15, 0.2) is 29.2 Å². The summed E-state index contributed by atoms with van der Waals surface area (Å²) in [4.78, 5) is 38.2. The Morgan fingerprint density at radius 2 is 2.09 bits per heavy atom. The van der Waals surface area contributed by atoms with Crippen molar-refractivity contribution in [1.29, 1.82) is 0 Å². The Labute approximate surface area is 143 Å². The summed E-state index contributed by atoms with van der Waals surface area (Å²) in [5, 5.41) is 3.30. The minimum absolute atomic E-state index is 0.139. The van der Waals surface area contributed by atoms with Crippen LogP contribution in [0.1, 0.15) is 6.42 Å². The fourth-order valence-electron chi connectivity index (χ4n) is 2.22. The summed E-state index contributed by atoms with van der Waals surface area (Å²) in [6.45, 7) is 0.765. The van der Waals surface area contributed by atoms with Crippen LogP contribution in [0.2, 0.25) is 5.02 Å². The van der Waals surface area contributed by atoms with Gasteiger partial charge in [-0.15, -0.1) is 11.8 Å². The highest BCUT2D eigenvalue weighted by Gasteiger charge is 2.34. The van der Waals surface area contributed by atoms with E-state index in [0.29, 0.717) is 18.1 Å². The van der Waals surface area contributed by atoms with E-state index in [1.54, 1.807) is 12.1 Å². The number of nitrogens with one attached hydrogen (secondary N) is 1. The SMILES string of the molecule is COC(=O)CC1C(=O)NCCN1C(=O)CSc1ccc(Cl)cc1. The number of carbonyl (C=O) groups is 3. The molecule has 1 aliphatic rings. The van der Waals surface area contributed by atoms with Gasteiger partial charge in [-0.3, -0.25) is 14.4 Å². The van der Waals surface area contributed by atoms with Gasteiger partial charge in [0.25, 0.3) is 0 Å². The minimum atomic E-state index is -0.811. The second-order valence-electron chi connectivity index (χ2n) is 4.92. The molecule has 0 bridgehead atoms. The van der Waals surface area contributed by atoms with Crippen LogP contribution in [0.3, 0.4) is 0 Å². The van der Waals surface area contributed by atoms with Crippen molar-refractivity contribution in [2.75, 3.05) is 26.0 Å². The summed E-state index contributed by atoms with van der Waals surface area (Å²) in [6, 6.07) is 6.35. The maximum absolute atomic E-state index is 12.4. The standard InChI is InChI=1S/C15H17ClN2O4S/c1-22-14(20)8-12-15(21)17-6-7-18(12)13(19)9-23-11-4-2-10(16)3-5-11/h2-5,12H,6-9H2,1H3,(H,17,21). The number of halogens is 1. The van der Waals surface area contributed by atoms with Crippen LogP contribution in [0.25, 0.3) is 0 Å². The quantitative estimate of drug-likeness (QED) is 0.636. The molecule has 0 saturated carbocycles. The van der Waals surface area contributed by atoms with Crippen LogP contribution >= 0.6 is 23.4 Å². The molecule has 8 heteroatoms. The summed E-state index contributed by atoms with van der Waals surface area (Å²) in [5.41, 5.74) is 0. The molecule has 1 aromatic carbocycles. The van der Waals surface area contributed by atoms with E-state index in [2.05, 4.69) is 10.1 Å². The third-order valence-electron chi connectivity index (χ3n) is 3.41. The molecule has 1 heterocycles. The number of benzene rings is 1. The molecule has 1 N–H and O–H groups in total. The third-order valence-corrected chi connectivity index (χ3v) is 4.66. The second kappa shape index (κ2) is 8.21. The number of thioether (sulfide) groups is 1. The second-order valence-corrected chi connectivity index (χ2v) is 6.40. The largest absolute Gasteiger partial charge is 0.469 e. The zero-order valence-corrected chi connectivity index (χ0v) is 14.2. The Morgan fingerprint density at radius 1 is 1.39 bits per heavy atom. The third kappa shape index (κ3) is 4.87. The van der Waals surface area contributed by atoms with Gasteiger partial charge < -0.3 is 15.0 Å². The Kier molecular flexibility index (Phi) is 6.29. The van der Waals surface area contributed by atoms with Gasteiger partial charge in [0, 0.05) is 23.0 Å². The van der Waals surface area contributed by atoms with E-state index in [1.165, 1.54) is 23.8 Å². The molecule has 0 spiro atoms. The zero-order chi connectivity index (χ0) is 16.8. The smallest absolute Gasteiger partial charge is 0.308 e. The zero-order valence-electron chi connectivity index (χ0n) is 12.6. The minimum Gasteiger partial charge on any atom is -0.469 e. The first-order chi connectivity index (χ1) is 11.0. The number of esters is 1. The van der Waals surface area contributed by atoms with E-state index in [4.69, 9.17) is 11.6 Å². The molecule has 1 fully saturated rings. The monoisotopic (exact) mass is 356 g/mol. The van der Waals surface area contributed by atoms with Crippen LogP contribution in [-0.2, 0) is 19.1 Å². The molecule has 0 aromatic heterocycles. The van der Waals surface area contributed by atoms with E-state index in [1.807, 2.05) is 12.1 Å². The van der Waals surface area contributed by atoms with E-state index >= 15 is 0 Å². The fourth-order valence-corrected chi connectivity index (χ4v) is 3.13. The van der Waals surface area contributed by atoms with Crippen molar-refractivity contribution in [2.45, 2.75) is 17.4 Å². The summed E-state index contributed by atoms with van der Waals surface area (Å²) in [7, 11) is 1.26. The normalized spacial score (nSPS) is 17.6. The first-order valence-electron chi connectivity index (χ1n) is 7.03. The van der Waals surface area contributed by atoms with Crippen molar-refractivity contribution in [3.63, 3.8) is 0 Å². The molecule has 1 unspecified atom stereocenters. The number of methoxy groups -OCH3 is 1. The van der Waals surface area contributed by atoms with Gasteiger partial charge >= 0.3 is 5.97 Å². The lowest BCUT2D eigenvalue weighted by Crippen LogP contribution is -2.58. The first-order valence-corrected chi connectivity index (χ1v) is 8.40. The Balaban J connectivity index is 1.98. The molecular weight excluding hydrogens is 340 g/mol. The summed E-state index contributed by atoms with van der Waals surface area (Å²) in [5.74, 6) is -0.845. The van der Waals surface area contributed by atoms with E-state index < -0.39 is 12.0 Å². The van der Waals surface area contributed by atoms with Crippen molar-refractivity contribution in [2.24, 2.45) is 0 Å². The molecule has 2 amide bonds. The summed E-state index contributed by atoms with van der Waals surface area (Å²) >= 11 is 7.18. The van der Waals surface area contributed by atoms with Crippen molar-refractivity contribution < 1.29 is 19.1 Å². The molecule has 124 valence electrons. The van der Waals surface area contributed by atoms with Crippen molar-refractivity contribution in [3.05, 3.63) is 29.3 Å². The lowest BCUT2D eigenvalue weighted by Gasteiger charge is -2.34. The van der Waals surface area contributed by atoms with Crippen molar-refractivity contribution >= 4 is 41.1 Å². The van der Waals surface area contributed by atoms with Gasteiger partial charge in [0.15, 0.2) is 0 Å². The molecule has 2 rings (SSSR count). The summed E-state index contributed by atoms with van der Waals surface area (Å²) in [6.07, 6.45) is -0.139. The Hall–Kier alpha value is -1.73. The number of amides is 2. The molecule has 6 nitrogen and oxygen atoms in total. The molecule has 0 aliphatic carbocycles. The predicted molar refractivity (Wildman–Crippen MR) is 87.3 cm³/mol. The van der Waals surface area contributed by atoms with Crippen molar-refractivity contribution in [1.82, 2.24) is 10.2 Å². The number of piperazine rings is 1. The van der Waals surface area contributed by atoms with Gasteiger partial charge in [0.1, 0.15) is 6.04 Å². The van der Waals surface area contributed by atoms with Gasteiger partial charge in [0.05, 0.1) is 19.3 Å². The maximum atomic E-state index is 12.4. The maximum Gasteiger partial charge on any atom is 0.308 e. The highest BCUT2D eigenvalue weighted by atomic mass is 35.5. The van der Waals surface area contributed by atoms with Gasteiger partial charge in [-0.25, -0.2) is 0 Å². The van der Waals surface area contributed by atoms with Gasteiger partial charge in [-0.05, 0) is 24.3 Å². The van der Waals surface area contributed by atoms with Crippen LogP contribution < -0.4 is 5.32 Å². The number of ether oxygens (including phenoxy) is 1. The Bertz CT molecular complexity index is 594. The average molecular weight is 357 g/mol. The number of hydrogen-bond acceptors (Lipinski definition) is 5. The van der Waals surface area contributed by atoms with E-state index in [9.17, 15) is 14.4 Å². The van der Waals surface area contributed by atoms with Gasteiger partial charge in [-0.2, -0.15) is 0 Å². The van der Waals surface area contributed by atoms with Crippen LogP contribution in [0.5, 0.6) is 0 Å².